The van der Waals surface area contributed by atoms with Gasteiger partial charge < -0.3 is 5.73 Å². The summed E-state index contributed by atoms with van der Waals surface area (Å²) in [6.07, 6.45) is 0. The normalized spacial score (nSPS) is 9.56. The van der Waals surface area contributed by atoms with Crippen LogP contribution in [0.2, 0.25) is 0 Å². The molecule has 0 aliphatic heterocycles. The highest BCUT2D eigenvalue weighted by Gasteiger charge is 1.93. The summed E-state index contributed by atoms with van der Waals surface area (Å²) in [5.74, 6) is 0. The molecule has 0 bridgehead atoms. The molecule has 2 N–H and O–H groups in total. The van der Waals surface area contributed by atoms with E-state index in [9.17, 15) is 0 Å². The van der Waals surface area contributed by atoms with E-state index in [-0.39, 0.29) is 0 Å². The van der Waals surface area contributed by atoms with Gasteiger partial charge in [-0.15, -0.1) is 0 Å². The standard InChI is InChI=1S/C8H10N/c1-6-4-3-5-8(9)7(6)2/h3-4H,9H2,1-2H3. The molecule has 1 aromatic rings. The predicted octanol–water partition coefficient (Wildman–Crippen LogP) is 1.69. The van der Waals surface area contributed by atoms with Crippen molar-refractivity contribution >= 4 is 5.69 Å². The van der Waals surface area contributed by atoms with Crippen molar-refractivity contribution in [2.75, 3.05) is 5.73 Å². The molecule has 0 aliphatic carbocycles. The van der Waals surface area contributed by atoms with Gasteiger partial charge in [-0.2, -0.15) is 0 Å². The van der Waals surface area contributed by atoms with E-state index >= 15 is 0 Å². The maximum Gasteiger partial charge on any atom is 0.0426 e. The molecule has 0 saturated carbocycles. The maximum absolute atomic E-state index is 5.57. The lowest BCUT2D eigenvalue weighted by atomic mass is 10.1. The molecule has 0 saturated heterocycles. The van der Waals surface area contributed by atoms with Crippen molar-refractivity contribution in [3.05, 3.63) is 29.3 Å². The van der Waals surface area contributed by atoms with Crippen molar-refractivity contribution in [1.29, 1.82) is 0 Å². The molecule has 1 radical (unpaired) electrons. The minimum Gasteiger partial charge on any atom is -0.398 e. The molecule has 0 aliphatic rings. The Morgan fingerprint density at radius 2 is 2.11 bits per heavy atom. The molecular formula is C8H10N. The highest BCUT2D eigenvalue weighted by Crippen LogP contribution is 2.12. The molecule has 47 valence electrons. The lowest BCUT2D eigenvalue weighted by molar-refractivity contribution is 1.34. The molecule has 0 heterocycles. The van der Waals surface area contributed by atoms with Crippen LogP contribution < -0.4 is 5.73 Å². The smallest absolute Gasteiger partial charge is 0.0426 e. The van der Waals surface area contributed by atoms with Crippen molar-refractivity contribution in [1.82, 2.24) is 0 Å². The Morgan fingerprint density at radius 1 is 1.44 bits per heavy atom. The molecular weight excluding hydrogens is 110 g/mol. The van der Waals surface area contributed by atoms with E-state index in [1.807, 2.05) is 26.0 Å². The van der Waals surface area contributed by atoms with Crippen LogP contribution in [0.1, 0.15) is 11.1 Å². The van der Waals surface area contributed by atoms with Crippen LogP contribution in [0, 0.1) is 19.9 Å². The van der Waals surface area contributed by atoms with E-state index in [1.165, 1.54) is 5.56 Å². The second-order valence-corrected chi connectivity index (χ2v) is 2.20. The van der Waals surface area contributed by atoms with Gasteiger partial charge >= 0.3 is 0 Å². The fourth-order valence-corrected chi connectivity index (χ4v) is 0.702. The van der Waals surface area contributed by atoms with E-state index in [1.54, 1.807) is 0 Å². The average Bonchev–Trinajstić information content (AvgIpc) is 1.83. The molecule has 1 rings (SSSR count). The van der Waals surface area contributed by atoms with Gasteiger partial charge in [-0.1, -0.05) is 12.1 Å². The summed E-state index contributed by atoms with van der Waals surface area (Å²) in [5.41, 5.74) is 8.69. The average molecular weight is 120 g/mol. The Kier molecular flexibility index (Phi) is 1.43. The first-order valence-electron chi connectivity index (χ1n) is 2.95. The van der Waals surface area contributed by atoms with Crippen molar-refractivity contribution in [3.63, 3.8) is 0 Å². The third-order valence-corrected chi connectivity index (χ3v) is 1.57. The number of hydrogen-bond acceptors (Lipinski definition) is 1. The number of benzene rings is 1. The van der Waals surface area contributed by atoms with Gasteiger partial charge in [0, 0.05) is 11.8 Å². The van der Waals surface area contributed by atoms with Crippen molar-refractivity contribution in [2.45, 2.75) is 13.8 Å². The molecule has 0 atom stereocenters. The summed E-state index contributed by atoms with van der Waals surface area (Å²) in [4.78, 5) is 0. The van der Waals surface area contributed by atoms with Crippen molar-refractivity contribution in [2.24, 2.45) is 0 Å². The number of rotatable bonds is 0. The van der Waals surface area contributed by atoms with Gasteiger partial charge in [-0.05, 0) is 25.0 Å². The Morgan fingerprint density at radius 3 is 2.56 bits per heavy atom. The zero-order valence-corrected chi connectivity index (χ0v) is 5.73. The third-order valence-electron chi connectivity index (χ3n) is 1.57. The van der Waals surface area contributed by atoms with Crippen LogP contribution in [0.5, 0.6) is 0 Å². The van der Waals surface area contributed by atoms with Crippen LogP contribution in [0.4, 0.5) is 5.69 Å². The second kappa shape index (κ2) is 2.09. The molecule has 1 heteroatoms. The second-order valence-electron chi connectivity index (χ2n) is 2.20. The molecule has 0 fully saturated rings. The topological polar surface area (TPSA) is 26.0 Å². The van der Waals surface area contributed by atoms with Gasteiger partial charge in [0.1, 0.15) is 0 Å². The SMILES string of the molecule is Cc1cc[c]c(N)c1C. The fourth-order valence-electron chi connectivity index (χ4n) is 0.702. The number of anilines is 1. The minimum absolute atomic E-state index is 0.759. The fraction of sp³-hybridized carbons (Fsp3) is 0.250. The van der Waals surface area contributed by atoms with Crippen molar-refractivity contribution in [3.8, 4) is 0 Å². The summed E-state index contributed by atoms with van der Waals surface area (Å²) in [6, 6.07) is 6.77. The Balaban J connectivity index is 3.25. The number of hydrogen-bond donors (Lipinski definition) is 1. The third kappa shape index (κ3) is 1.04. The summed E-state index contributed by atoms with van der Waals surface area (Å²) in [7, 11) is 0. The van der Waals surface area contributed by atoms with Crippen molar-refractivity contribution < 1.29 is 0 Å². The number of aryl methyl sites for hydroxylation is 1. The summed E-state index contributed by atoms with van der Waals surface area (Å²) >= 11 is 0. The first kappa shape index (κ1) is 6.14. The lowest BCUT2D eigenvalue weighted by Crippen LogP contribution is -1.90. The predicted molar refractivity (Wildman–Crippen MR) is 39.2 cm³/mol. The Labute approximate surface area is 55.5 Å². The minimum atomic E-state index is 0.759. The summed E-state index contributed by atoms with van der Waals surface area (Å²) in [6.45, 7) is 4.04. The molecule has 0 amide bonds. The summed E-state index contributed by atoms with van der Waals surface area (Å²) in [5, 5.41) is 0. The molecule has 0 aromatic heterocycles. The lowest BCUT2D eigenvalue weighted by Gasteiger charge is -2.00. The van der Waals surface area contributed by atoms with Crippen LogP contribution in [-0.4, -0.2) is 0 Å². The first-order valence-corrected chi connectivity index (χ1v) is 2.95. The molecule has 0 spiro atoms. The maximum atomic E-state index is 5.57. The highest BCUT2D eigenvalue weighted by atomic mass is 14.5. The molecule has 1 aromatic carbocycles. The van der Waals surface area contributed by atoms with Gasteiger partial charge in [0.25, 0.3) is 0 Å². The number of nitrogen functional groups attached to an aromatic ring is 1. The van der Waals surface area contributed by atoms with Gasteiger partial charge in [0.05, 0.1) is 0 Å². The van der Waals surface area contributed by atoms with E-state index in [2.05, 4.69) is 6.07 Å². The van der Waals surface area contributed by atoms with E-state index in [4.69, 9.17) is 5.73 Å². The largest absolute Gasteiger partial charge is 0.398 e. The Hall–Kier alpha value is -0.980. The van der Waals surface area contributed by atoms with E-state index in [0.29, 0.717) is 0 Å². The quantitative estimate of drug-likeness (QED) is 0.518. The zero-order chi connectivity index (χ0) is 6.85. The van der Waals surface area contributed by atoms with Crippen LogP contribution in [0.3, 0.4) is 0 Å². The van der Waals surface area contributed by atoms with E-state index in [0.717, 1.165) is 11.3 Å². The monoisotopic (exact) mass is 120 g/mol. The Bertz CT molecular complexity index is 196. The van der Waals surface area contributed by atoms with E-state index < -0.39 is 0 Å². The van der Waals surface area contributed by atoms with Crippen LogP contribution >= 0.6 is 0 Å². The van der Waals surface area contributed by atoms with Crippen LogP contribution in [0.25, 0.3) is 0 Å². The number of nitrogens with two attached hydrogens (primary N) is 1. The van der Waals surface area contributed by atoms with Crippen LogP contribution in [0.15, 0.2) is 12.1 Å². The zero-order valence-electron chi connectivity index (χ0n) is 5.73. The molecule has 0 unspecified atom stereocenters. The van der Waals surface area contributed by atoms with Gasteiger partial charge in [0.15, 0.2) is 0 Å². The molecule has 1 nitrogen and oxygen atoms in total. The van der Waals surface area contributed by atoms with Gasteiger partial charge in [0.2, 0.25) is 0 Å². The molecule has 9 heavy (non-hydrogen) atoms. The van der Waals surface area contributed by atoms with Gasteiger partial charge in [-0.25, -0.2) is 0 Å². The highest BCUT2D eigenvalue weighted by molar-refractivity contribution is 5.48. The summed E-state index contributed by atoms with van der Waals surface area (Å²) < 4.78 is 0. The van der Waals surface area contributed by atoms with Crippen LogP contribution in [-0.2, 0) is 0 Å². The first-order chi connectivity index (χ1) is 4.22. The van der Waals surface area contributed by atoms with Gasteiger partial charge in [-0.3, -0.25) is 0 Å².